The second-order valence-electron chi connectivity index (χ2n) is 13.7. The SMILES string of the molecule is CC(C)(C)OC(=O)N[C@H](C(=O)N1C[C@H]2[C@@H](C1C(=O)NC(CC1CCC1)C(=O)C(N)=O)C2(C)C)C(C)(C)C. The molecule has 1 heterocycles. The standard InChI is InChI=1S/C27H44N4O6/c1-25(2,3)20(30-24(36)37-26(4,5)6)23(35)31-13-15-17(27(15,7)8)18(31)22(34)29-16(19(32)21(28)33)12-14-10-9-11-14/h14-18,20H,9-13H2,1-8H3,(H2,28,33)(H,29,34)(H,30,36)/t15-,16?,17-,18?,20+/m0/s1. The van der Waals surface area contributed by atoms with E-state index in [1.54, 1.807) is 20.8 Å². The third-order valence-corrected chi connectivity index (χ3v) is 8.20. The lowest BCUT2D eigenvalue weighted by atomic mass is 9.80. The molecule has 5 atom stereocenters. The highest BCUT2D eigenvalue weighted by Gasteiger charge is 2.70. The first-order valence-electron chi connectivity index (χ1n) is 13.3. The average molecular weight is 521 g/mol. The van der Waals surface area contributed by atoms with E-state index in [1.807, 2.05) is 20.8 Å². The van der Waals surface area contributed by atoms with Gasteiger partial charge < -0.3 is 26.0 Å². The molecule has 0 aromatic rings. The smallest absolute Gasteiger partial charge is 0.408 e. The Hall–Kier alpha value is -2.65. The van der Waals surface area contributed by atoms with Crippen molar-refractivity contribution in [2.24, 2.45) is 34.3 Å². The van der Waals surface area contributed by atoms with Crippen LogP contribution in [0, 0.1) is 28.6 Å². The van der Waals surface area contributed by atoms with Crippen molar-refractivity contribution in [3.05, 3.63) is 0 Å². The summed E-state index contributed by atoms with van der Waals surface area (Å²) in [6.45, 7) is 15.2. The zero-order valence-electron chi connectivity index (χ0n) is 23.5. The number of amides is 4. The number of ether oxygens (including phenoxy) is 1. The molecule has 1 saturated heterocycles. The van der Waals surface area contributed by atoms with Gasteiger partial charge in [0, 0.05) is 6.54 Å². The fourth-order valence-corrected chi connectivity index (χ4v) is 5.78. The lowest BCUT2D eigenvalue weighted by Crippen LogP contribution is -2.61. The molecule has 4 amide bonds. The Morgan fingerprint density at radius 3 is 2.08 bits per heavy atom. The molecule has 4 N–H and O–H groups in total. The number of carbonyl (C=O) groups is 5. The van der Waals surface area contributed by atoms with Crippen molar-refractivity contribution in [3.63, 3.8) is 0 Å². The van der Waals surface area contributed by atoms with Crippen molar-refractivity contribution in [1.82, 2.24) is 15.5 Å². The molecule has 10 nitrogen and oxygen atoms in total. The van der Waals surface area contributed by atoms with Gasteiger partial charge in [0.1, 0.15) is 17.7 Å². The first kappa shape index (κ1) is 28.9. The fourth-order valence-electron chi connectivity index (χ4n) is 5.78. The van der Waals surface area contributed by atoms with E-state index in [-0.39, 0.29) is 29.1 Å². The van der Waals surface area contributed by atoms with E-state index < -0.39 is 52.8 Å². The molecule has 208 valence electrons. The molecule has 3 rings (SSSR count). The monoisotopic (exact) mass is 520 g/mol. The number of rotatable bonds is 8. The number of nitrogens with two attached hydrogens (primary N) is 1. The van der Waals surface area contributed by atoms with Crippen LogP contribution in [0.1, 0.15) is 81.1 Å². The summed E-state index contributed by atoms with van der Waals surface area (Å²) in [6.07, 6.45) is 2.58. The lowest BCUT2D eigenvalue weighted by molar-refractivity contribution is -0.145. The minimum atomic E-state index is -1.08. The average Bonchev–Trinajstić information content (AvgIpc) is 3.06. The Morgan fingerprint density at radius 1 is 1.03 bits per heavy atom. The predicted molar refractivity (Wildman–Crippen MR) is 137 cm³/mol. The lowest BCUT2D eigenvalue weighted by Gasteiger charge is -2.38. The Balaban J connectivity index is 1.83. The number of Topliss-reactive ketones (excluding diaryl/α,β-unsaturated/α-hetero) is 1. The predicted octanol–water partition coefficient (Wildman–Crippen LogP) is 2.14. The van der Waals surface area contributed by atoms with Crippen LogP contribution in [0.25, 0.3) is 0 Å². The molecular formula is C27H44N4O6. The van der Waals surface area contributed by atoms with E-state index >= 15 is 0 Å². The van der Waals surface area contributed by atoms with E-state index in [0.29, 0.717) is 13.0 Å². The van der Waals surface area contributed by atoms with E-state index in [1.165, 1.54) is 4.90 Å². The maximum absolute atomic E-state index is 13.9. The number of hydrogen-bond donors (Lipinski definition) is 3. The van der Waals surface area contributed by atoms with Crippen LogP contribution >= 0.6 is 0 Å². The van der Waals surface area contributed by atoms with Gasteiger partial charge in [0.25, 0.3) is 5.91 Å². The van der Waals surface area contributed by atoms with Gasteiger partial charge >= 0.3 is 6.09 Å². The largest absolute Gasteiger partial charge is 0.444 e. The second-order valence-corrected chi connectivity index (χ2v) is 13.7. The van der Waals surface area contributed by atoms with Gasteiger partial charge in [0.15, 0.2) is 0 Å². The molecule has 37 heavy (non-hydrogen) atoms. The van der Waals surface area contributed by atoms with Crippen LogP contribution in [0.4, 0.5) is 4.79 Å². The number of ketones is 1. The first-order valence-corrected chi connectivity index (χ1v) is 13.3. The topological polar surface area (TPSA) is 148 Å². The molecular weight excluding hydrogens is 476 g/mol. The number of carbonyl (C=O) groups excluding carboxylic acids is 5. The zero-order chi connectivity index (χ0) is 28.1. The number of nitrogens with one attached hydrogen (secondary N) is 2. The number of alkyl carbamates (subject to hydrolysis) is 1. The van der Waals surface area contributed by atoms with E-state index in [0.717, 1.165) is 19.3 Å². The number of primary amides is 1. The van der Waals surface area contributed by atoms with E-state index in [2.05, 4.69) is 24.5 Å². The van der Waals surface area contributed by atoms with Gasteiger partial charge in [-0.05, 0) is 55.8 Å². The molecule has 1 aliphatic heterocycles. The van der Waals surface area contributed by atoms with Crippen molar-refractivity contribution in [2.45, 2.75) is 105 Å². The van der Waals surface area contributed by atoms with E-state index in [4.69, 9.17) is 10.5 Å². The first-order chi connectivity index (χ1) is 16.8. The minimum absolute atomic E-state index is 0.0911. The third kappa shape index (κ3) is 6.26. The summed E-state index contributed by atoms with van der Waals surface area (Å²) < 4.78 is 5.39. The van der Waals surface area contributed by atoms with Crippen LogP contribution in [0.3, 0.4) is 0 Å². The summed E-state index contributed by atoms with van der Waals surface area (Å²) >= 11 is 0. The number of likely N-dealkylation sites (tertiary alicyclic amines) is 1. The van der Waals surface area contributed by atoms with Gasteiger partial charge in [-0.25, -0.2) is 4.79 Å². The highest BCUT2D eigenvalue weighted by Crippen LogP contribution is 2.65. The van der Waals surface area contributed by atoms with Gasteiger partial charge in [0.05, 0.1) is 6.04 Å². The van der Waals surface area contributed by atoms with Gasteiger partial charge in [0.2, 0.25) is 17.6 Å². The molecule has 2 saturated carbocycles. The number of piperidine rings is 1. The number of fused-ring (bicyclic) bond motifs is 1. The Morgan fingerprint density at radius 2 is 1.62 bits per heavy atom. The maximum Gasteiger partial charge on any atom is 0.408 e. The highest BCUT2D eigenvalue weighted by atomic mass is 16.6. The molecule has 10 heteroatoms. The summed E-state index contributed by atoms with van der Waals surface area (Å²) in [5, 5.41) is 5.49. The second kappa shape index (κ2) is 9.91. The van der Waals surface area contributed by atoms with Crippen LogP contribution < -0.4 is 16.4 Å². The summed E-state index contributed by atoms with van der Waals surface area (Å²) in [5.41, 5.74) is 3.73. The van der Waals surface area contributed by atoms with Crippen LogP contribution in [0.15, 0.2) is 0 Å². The molecule has 2 unspecified atom stereocenters. The molecule has 3 aliphatic rings. The van der Waals surface area contributed by atoms with Crippen molar-refractivity contribution in [3.8, 4) is 0 Å². The van der Waals surface area contributed by atoms with Crippen molar-refractivity contribution in [1.29, 1.82) is 0 Å². The van der Waals surface area contributed by atoms with Crippen LogP contribution in [0.2, 0.25) is 0 Å². The van der Waals surface area contributed by atoms with E-state index in [9.17, 15) is 24.0 Å². The zero-order valence-corrected chi connectivity index (χ0v) is 23.5. The van der Waals surface area contributed by atoms with Crippen LogP contribution in [0.5, 0.6) is 0 Å². The maximum atomic E-state index is 13.9. The molecule has 0 radical (unpaired) electrons. The quantitative estimate of drug-likeness (QED) is 0.418. The van der Waals surface area contributed by atoms with Gasteiger partial charge in [-0.1, -0.05) is 53.9 Å². The summed E-state index contributed by atoms with van der Waals surface area (Å²) in [7, 11) is 0. The van der Waals surface area contributed by atoms with Crippen molar-refractivity contribution in [2.75, 3.05) is 6.54 Å². The highest BCUT2D eigenvalue weighted by molar-refractivity contribution is 6.37. The van der Waals surface area contributed by atoms with Gasteiger partial charge in [-0.2, -0.15) is 0 Å². The summed E-state index contributed by atoms with van der Waals surface area (Å²) in [5.74, 6) is -2.46. The van der Waals surface area contributed by atoms with Gasteiger partial charge in [-0.15, -0.1) is 0 Å². The summed E-state index contributed by atoms with van der Waals surface area (Å²) in [6, 6.07) is -2.76. The Kier molecular flexibility index (Phi) is 7.74. The number of nitrogens with zero attached hydrogens (tertiary/aromatic N) is 1. The normalized spacial score (nSPS) is 26.3. The Bertz CT molecular complexity index is 959. The fraction of sp³-hybridized carbons (Fsp3) is 0.815. The molecule has 3 fully saturated rings. The van der Waals surface area contributed by atoms with Gasteiger partial charge in [-0.3, -0.25) is 19.2 Å². The number of hydrogen-bond acceptors (Lipinski definition) is 6. The van der Waals surface area contributed by atoms with Crippen molar-refractivity contribution < 1.29 is 28.7 Å². The minimum Gasteiger partial charge on any atom is -0.444 e. The molecule has 0 aromatic heterocycles. The van der Waals surface area contributed by atoms with Crippen LogP contribution in [-0.4, -0.2) is 64.8 Å². The van der Waals surface area contributed by atoms with Crippen molar-refractivity contribution >= 4 is 29.6 Å². The third-order valence-electron chi connectivity index (χ3n) is 8.20. The van der Waals surface area contributed by atoms with Crippen LogP contribution in [-0.2, 0) is 23.9 Å². The molecule has 0 spiro atoms. The molecule has 2 aliphatic carbocycles. The molecule has 0 aromatic carbocycles. The Labute approximate surface area is 219 Å². The summed E-state index contributed by atoms with van der Waals surface area (Å²) in [4.78, 5) is 65.9. The molecule has 0 bridgehead atoms.